The molecule has 0 aliphatic carbocycles. The van der Waals surface area contributed by atoms with Gasteiger partial charge in [-0.25, -0.2) is 21.1 Å². The van der Waals surface area contributed by atoms with Crippen molar-refractivity contribution in [1.82, 2.24) is 14.5 Å². The van der Waals surface area contributed by atoms with E-state index in [9.17, 15) is 21.6 Å². The maximum Gasteiger partial charge on any atom is 0.255 e. The summed E-state index contributed by atoms with van der Waals surface area (Å²) in [5.74, 6) is 1.18. The van der Waals surface area contributed by atoms with Crippen LogP contribution in [0.3, 0.4) is 0 Å². The normalized spacial score (nSPS) is 21.2. The predicted molar refractivity (Wildman–Crippen MR) is 144 cm³/mol. The number of rotatable bonds is 10. The number of fused-ring (bicyclic) bond motifs is 1. The van der Waals surface area contributed by atoms with Gasteiger partial charge in [0.05, 0.1) is 11.3 Å². The summed E-state index contributed by atoms with van der Waals surface area (Å²) >= 11 is 0. The van der Waals surface area contributed by atoms with Crippen molar-refractivity contribution >= 4 is 25.8 Å². The number of hydrogen-bond acceptors (Lipinski definition) is 9. The molecule has 0 saturated carbocycles. The number of sulfone groups is 1. The van der Waals surface area contributed by atoms with Crippen molar-refractivity contribution in [2.75, 3.05) is 64.5 Å². The second-order valence-electron chi connectivity index (χ2n) is 10.5. The third kappa shape index (κ3) is 7.38. The Morgan fingerprint density at radius 3 is 2.42 bits per heavy atom. The summed E-state index contributed by atoms with van der Waals surface area (Å²) in [5, 5.41) is 2.10. The average molecular weight is 573 g/mol. The van der Waals surface area contributed by atoms with Crippen LogP contribution in [-0.4, -0.2) is 102 Å². The van der Waals surface area contributed by atoms with Crippen molar-refractivity contribution in [1.29, 1.82) is 0 Å². The number of likely N-dealkylation sites (tertiary alicyclic amines) is 1. The van der Waals surface area contributed by atoms with Crippen LogP contribution in [0.15, 0.2) is 18.2 Å². The number of benzene rings is 1. The molecule has 1 amide bonds. The molecule has 0 radical (unpaired) electrons. The SMILES string of the molecule is CS(=O)(=O)C(N)C1CCN(S(=O)(=O)CCCN2CCC(CNC(=O)c3cccc4c3OCCO4)CC2)CC1. The standard InChI is InChI=1S/C25H40N4O7S2/c1-37(31,32)24(26)20-8-13-29(14-9-20)38(33,34)17-3-10-28-11-6-19(7-12-28)18-27-25(30)21-4-2-5-22-23(21)36-16-15-35-22/h2,4-5,19-20,24H,3,6-18,26H2,1H3,(H,27,30). The number of sulfonamides is 1. The number of para-hydroxylation sites is 1. The molecule has 1 atom stereocenters. The van der Waals surface area contributed by atoms with E-state index in [0.29, 0.717) is 81.6 Å². The molecule has 3 N–H and O–H groups in total. The van der Waals surface area contributed by atoms with Gasteiger partial charge >= 0.3 is 0 Å². The zero-order chi connectivity index (χ0) is 27.3. The molecule has 1 aromatic carbocycles. The molecule has 0 spiro atoms. The van der Waals surface area contributed by atoms with Crippen molar-refractivity contribution in [2.24, 2.45) is 17.6 Å². The fourth-order valence-electron chi connectivity index (χ4n) is 5.43. The summed E-state index contributed by atoms with van der Waals surface area (Å²) < 4.78 is 61.7. The van der Waals surface area contributed by atoms with Gasteiger partial charge in [-0.2, -0.15) is 0 Å². The first-order chi connectivity index (χ1) is 18.0. The van der Waals surface area contributed by atoms with Crippen LogP contribution in [-0.2, 0) is 19.9 Å². The number of hydrogen-bond donors (Lipinski definition) is 2. The summed E-state index contributed by atoms with van der Waals surface area (Å²) in [4.78, 5) is 15.0. The molecular formula is C25H40N4O7S2. The molecule has 4 rings (SSSR count). The molecule has 38 heavy (non-hydrogen) atoms. The number of ether oxygens (including phenoxy) is 2. The van der Waals surface area contributed by atoms with Gasteiger partial charge in [0.25, 0.3) is 5.91 Å². The van der Waals surface area contributed by atoms with E-state index in [2.05, 4.69) is 10.2 Å². The highest BCUT2D eigenvalue weighted by Crippen LogP contribution is 2.33. The fraction of sp³-hybridized carbons (Fsp3) is 0.720. The fourth-order valence-corrected chi connectivity index (χ4v) is 7.92. The minimum absolute atomic E-state index is 0.0823. The lowest BCUT2D eigenvalue weighted by Gasteiger charge is -2.34. The Labute approximate surface area is 226 Å². The Balaban J connectivity index is 1.14. The minimum Gasteiger partial charge on any atom is -0.486 e. The highest BCUT2D eigenvalue weighted by Gasteiger charge is 2.34. The first kappa shape index (κ1) is 29.1. The van der Waals surface area contributed by atoms with Crippen LogP contribution in [0, 0.1) is 11.8 Å². The number of nitrogens with zero attached hydrogens (tertiary/aromatic N) is 2. The molecule has 0 bridgehead atoms. The first-order valence-electron chi connectivity index (χ1n) is 13.4. The summed E-state index contributed by atoms with van der Waals surface area (Å²) in [6, 6.07) is 5.33. The Hall–Kier alpha value is -1.93. The first-order valence-corrected chi connectivity index (χ1v) is 16.9. The molecule has 13 heteroatoms. The van der Waals surface area contributed by atoms with Crippen LogP contribution in [0.25, 0.3) is 0 Å². The summed E-state index contributed by atoms with van der Waals surface area (Å²) in [6.45, 7) is 4.57. The van der Waals surface area contributed by atoms with E-state index in [-0.39, 0.29) is 17.6 Å². The van der Waals surface area contributed by atoms with Crippen LogP contribution >= 0.6 is 0 Å². The molecule has 3 aliphatic rings. The number of nitrogens with one attached hydrogen (secondary N) is 1. The van der Waals surface area contributed by atoms with E-state index in [4.69, 9.17) is 15.2 Å². The molecule has 1 aromatic rings. The molecule has 3 heterocycles. The van der Waals surface area contributed by atoms with E-state index >= 15 is 0 Å². The Morgan fingerprint density at radius 2 is 1.74 bits per heavy atom. The maximum absolute atomic E-state index is 12.8. The van der Waals surface area contributed by atoms with E-state index in [0.717, 1.165) is 32.2 Å². The second kappa shape index (κ2) is 12.5. The van der Waals surface area contributed by atoms with Gasteiger partial charge in [-0.3, -0.25) is 4.79 Å². The van der Waals surface area contributed by atoms with Gasteiger partial charge in [0.1, 0.15) is 18.6 Å². The topological polar surface area (TPSA) is 148 Å². The lowest BCUT2D eigenvalue weighted by molar-refractivity contribution is 0.0925. The molecule has 0 aromatic heterocycles. The number of piperidine rings is 2. The third-order valence-electron chi connectivity index (χ3n) is 7.80. The molecule has 214 valence electrons. The quantitative estimate of drug-likeness (QED) is 0.412. The van der Waals surface area contributed by atoms with Crippen molar-refractivity contribution in [3.8, 4) is 11.5 Å². The van der Waals surface area contributed by atoms with Crippen molar-refractivity contribution in [2.45, 2.75) is 37.5 Å². The van der Waals surface area contributed by atoms with Crippen LogP contribution in [0.4, 0.5) is 0 Å². The van der Waals surface area contributed by atoms with Gasteiger partial charge < -0.3 is 25.4 Å². The zero-order valence-electron chi connectivity index (χ0n) is 22.0. The zero-order valence-corrected chi connectivity index (χ0v) is 23.6. The Kier molecular flexibility index (Phi) is 9.56. The van der Waals surface area contributed by atoms with E-state index < -0.39 is 25.2 Å². The van der Waals surface area contributed by atoms with Crippen LogP contribution in [0.5, 0.6) is 11.5 Å². The molecule has 1 unspecified atom stereocenters. The number of carbonyl (C=O) groups is 1. The van der Waals surface area contributed by atoms with Crippen LogP contribution < -0.4 is 20.5 Å². The lowest BCUT2D eigenvalue weighted by atomic mass is 9.96. The van der Waals surface area contributed by atoms with E-state index in [1.165, 1.54) is 4.31 Å². The smallest absolute Gasteiger partial charge is 0.255 e. The predicted octanol–water partition coefficient (Wildman–Crippen LogP) is 0.661. The van der Waals surface area contributed by atoms with Gasteiger partial charge in [0.2, 0.25) is 10.0 Å². The number of carbonyl (C=O) groups excluding carboxylic acids is 1. The second-order valence-corrected chi connectivity index (χ2v) is 14.8. The molecule has 3 aliphatic heterocycles. The average Bonchev–Trinajstić information content (AvgIpc) is 2.91. The van der Waals surface area contributed by atoms with E-state index in [1.807, 2.05) is 0 Å². The van der Waals surface area contributed by atoms with Gasteiger partial charge in [-0.1, -0.05) is 6.07 Å². The minimum atomic E-state index is -3.38. The van der Waals surface area contributed by atoms with Crippen molar-refractivity contribution in [3.63, 3.8) is 0 Å². The number of nitrogens with two attached hydrogens (primary N) is 1. The Bertz CT molecular complexity index is 1180. The van der Waals surface area contributed by atoms with E-state index in [1.54, 1.807) is 18.2 Å². The molecule has 2 saturated heterocycles. The lowest BCUT2D eigenvalue weighted by Crippen LogP contribution is -2.46. The molecule has 11 nitrogen and oxygen atoms in total. The third-order valence-corrected chi connectivity index (χ3v) is 11.1. The molecule has 2 fully saturated rings. The highest BCUT2D eigenvalue weighted by atomic mass is 32.2. The number of amides is 1. The van der Waals surface area contributed by atoms with Gasteiger partial charge in [0, 0.05) is 25.9 Å². The Morgan fingerprint density at radius 1 is 1.05 bits per heavy atom. The maximum atomic E-state index is 12.8. The van der Waals surface area contributed by atoms with Crippen molar-refractivity contribution in [3.05, 3.63) is 23.8 Å². The summed E-state index contributed by atoms with van der Waals surface area (Å²) in [7, 11) is -6.72. The largest absolute Gasteiger partial charge is 0.486 e. The highest BCUT2D eigenvalue weighted by molar-refractivity contribution is 7.91. The van der Waals surface area contributed by atoms with Gasteiger partial charge in [-0.15, -0.1) is 0 Å². The summed E-state index contributed by atoms with van der Waals surface area (Å²) in [5.41, 5.74) is 6.33. The monoisotopic (exact) mass is 572 g/mol. The van der Waals surface area contributed by atoms with Crippen LogP contribution in [0.1, 0.15) is 42.5 Å². The van der Waals surface area contributed by atoms with Gasteiger partial charge in [-0.05, 0) is 75.7 Å². The molecular weight excluding hydrogens is 532 g/mol. The van der Waals surface area contributed by atoms with Gasteiger partial charge in [0.15, 0.2) is 21.3 Å². The summed E-state index contributed by atoms with van der Waals surface area (Å²) in [6.07, 6.45) is 4.48. The van der Waals surface area contributed by atoms with Crippen LogP contribution in [0.2, 0.25) is 0 Å². The van der Waals surface area contributed by atoms with Crippen molar-refractivity contribution < 1.29 is 31.1 Å².